The fraction of sp³-hybridized carbons (Fsp3) is 0.300. The number of methoxy groups -OCH3 is 1. The number of benzene rings is 2. The summed E-state index contributed by atoms with van der Waals surface area (Å²) in [6.07, 6.45) is 0.849. The topological polar surface area (TPSA) is 67.4 Å². The Kier molecular flexibility index (Phi) is 6.57. The van der Waals surface area contributed by atoms with Gasteiger partial charge in [0, 0.05) is 24.7 Å². The average molecular weight is 340 g/mol. The highest BCUT2D eigenvalue weighted by Gasteiger charge is 2.09. The maximum atomic E-state index is 12.2. The van der Waals surface area contributed by atoms with Crippen LogP contribution in [0.4, 0.5) is 5.69 Å². The number of hydrogen-bond acceptors (Lipinski definition) is 3. The molecular formula is C20H24N2O3. The van der Waals surface area contributed by atoms with E-state index in [9.17, 15) is 9.59 Å². The van der Waals surface area contributed by atoms with E-state index in [0.29, 0.717) is 23.7 Å². The van der Waals surface area contributed by atoms with E-state index in [-0.39, 0.29) is 11.8 Å². The highest BCUT2D eigenvalue weighted by atomic mass is 16.5. The lowest BCUT2D eigenvalue weighted by Crippen LogP contribution is -2.25. The Morgan fingerprint density at radius 2 is 1.68 bits per heavy atom. The summed E-state index contributed by atoms with van der Waals surface area (Å²) >= 11 is 0. The Labute approximate surface area is 148 Å². The summed E-state index contributed by atoms with van der Waals surface area (Å²) in [6, 6.07) is 14.8. The number of amides is 2. The van der Waals surface area contributed by atoms with Gasteiger partial charge in [-0.3, -0.25) is 9.59 Å². The largest absolute Gasteiger partial charge is 0.497 e. The summed E-state index contributed by atoms with van der Waals surface area (Å²) in [5.41, 5.74) is 2.47. The van der Waals surface area contributed by atoms with Crippen LogP contribution in [0.2, 0.25) is 0 Å². The minimum Gasteiger partial charge on any atom is -0.497 e. The monoisotopic (exact) mass is 340 g/mol. The zero-order chi connectivity index (χ0) is 18.2. The zero-order valence-electron chi connectivity index (χ0n) is 14.8. The molecule has 1 unspecified atom stereocenters. The summed E-state index contributed by atoms with van der Waals surface area (Å²) in [4.78, 5) is 23.2. The van der Waals surface area contributed by atoms with Crippen LogP contribution in [-0.2, 0) is 4.79 Å². The summed E-state index contributed by atoms with van der Waals surface area (Å²) in [5, 5.41) is 5.61. The van der Waals surface area contributed by atoms with Crippen LogP contribution < -0.4 is 15.4 Å². The molecule has 0 aromatic heterocycles. The number of rotatable bonds is 7. The number of hydrogen-bond donors (Lipinski definition) is 2. The maximum absolute atomic E-state index is 12.2. The third-order valence-electron chi connectivity index (χ3n) is 4.02. The Bertz CT molecular complexity index is 709. The fourth-order valence-corrected chi connectivity index (χ4v) is 2.51. The van der Waals surface area contributed by atoms with Crippen LogP contribution in [0.25, 0.3) is 0 Å². The van der Waals surface area contributed by atoms with Crippen molar-refractivity contribution in [2.75, 3.05) is 19.0 Å². The van der Waals surface area contributed by atoms with Crippen LogP contribution in [0.3, 0.4) is 0 Å². The number of nitrogens with one attached hydrogen (secondary N) is 2. The molecule has 132 valence electrons. The van der Waals surface area contributed by atoms with E-state index in [4.69, 9.17) is 4.74 Å². The van der Waals surface area contributed by atoms with Gasteiger partial charge in [-0.25, -0.2) is 0 Å². The number of carbonyl (C=O) groups is 2. The van der Waals surface area contributed by atoms with Crippen molar-refractivity contribution in [2.24, 2.45) is 0 Å². The number of anilines is 1. The molecule has 0 saturated heterocycles. The standard InChI is InChI=1S/C20H24N2O3/c1-14(16-6-10-19(25-3)11-7-16)12-13-21-20(24)17-4-8-18(9-5-17)22-15(2)23/h4-11,14H,12-13H2,1-3H3,(H,21,24)(H,22,23). The Hall–Kier alpha value is -2.82. The van der Waals surface area contributed by atoms with Crippen molar-refractivity contribution in [1.82, 2.24) is 5.32 Å². The van der Waals surface area contributed by atoms with Gasteiger partial charge in [-0.1, -0.05) is 19.1 Å². The third kappa shape index (κ3) is 5.64. The normalized spacial score (nSPS) is 11.5. The van der Waals surface area contributed by atoms with Crippen molar-refractivity contribution in [3.05, 3.63) is 59.7 Å². The van der Waals surface area contributed by atoms with Crippen molar-refractivity contribution < 1.29 is 14.3 Å². The van der Waals surface area contributed by atoms with E-state index >= 15 is 0 Å². The molecule has 1 atom stereocenters. The van der Waals surface area contributed by atoms with Crippen LogP contribution in [0.5, 0.6) is 5.75 Å². The lowest BCUT2D eigenvalue weighted by atomic mass is 9.98. The van der Waals surface area contributed by atoms with Crippen molar-refractivity contribution >= 4 is 17.5 Å². The van der Waals surface area contributed by atoms with E-state index in [0.717, 1.165) is 12.2 Å². The second kappa shape index (κ2) is 8.87. The molecule has 2 rings (SSSR count). The molecule has 5 nitrogen and oxygen atoms in total. The van der Waals surface area contributed by atoms with Crippen molar-refractivity contribution in [1.29, 1.82) is 0 Å². The van der Waals surface area contributed by atoms with Gasteiger partial charge < -0.3 is 15.4 Å². The summed E-state index contributed by atoms with van der Waals surface area (Å²) in [6.45, 7) is 4.18. The lowest BCUT2D eigenvalue weighted by molar-refractivity contribution is -0.114. The SMILES string of the molecule is COc1ccc(C(C)CCNC(=O)c2ccc(NC(C)=O)cc2)cc1. The van der Waals surface area contributed by atoms with Gasteiger partial charge >= 0.3 is 0 Å². The smallest absolute Gasteiger partial charge is 0.251 e. The molecule has 2 aromatic rings. The van der Waals surface area contributed by atoms with E-state index < -0.39 is 0 Å². The lowest BCUT2D eigenvalue weighted by Gasteiger charge is -2.13. The molecule has 0 bridgehead atoms. The van der Waals surface area contributed by atoms with Crippen LogP contribution in [-0.4, -0.2) is 25.5 Å². The highest BCUT2D eigenvalue weighted by Crippen LogP contribution is 2.21. The van der Waals surface area contributed by atoms with Gasteiger partial charge in [-0.05, 0) is 54.3 Å². The van der Waals surface area contributed by atoms with Crippen molar-refractivity contribution in [3.63, 3.8) is 0 Å². The Morgan fingerprint density at radius 1 is 1.04 bits per heavy atom. The first kappa shape index (κ1) is 18.5. The number of ether oxygens (including phenoxy) is 1. The third-order valence-corrected chi connectivity index (χ3v) is 4.02. The number of carbonyl (C=O) groups excluding carboxylic acids is 2. The molecule has 0 aliphatic heterocycles. The minimum absolute atomic E-state index is 0.115. The average Bonchev–Trinajstić information content (AvgIpc) is 2.61. The maximum Gasteiger partial charge on any atom is 0.251 e. The molecule has 0 aliphatic rings. The predicted molar refractivity (Wildman–Crippen MR) is 99.1 cm³/mol. The quantitative estimate of drug-likeness (QED) is 0.809. The molecule has 5 heteroatoms. The molecule has 0 fully saturated rings. The second-order valence-corrected chi connectivity index (χ2v) is 5.98. The van der Waals surface area contributed by atoms with Gasteiger partial charge in [-0.2, -0.15) is 0 Å². The fourth-order valence-electron chi connectivity index (χ4n) is 2.51. The van der Waals surface area contributed by atoms with Gasteiger partial charge in [0.25, 0.3) is 5.91 Å². The van der Waals surface area contributed by atoms with Crippen molar-refractivity contribution in [2.45, 2.75) is 26.2 Å². The first-order valence-electron chi connectivity index (χ1n) is 8.29. The molecule has 0 radical (unpaired) electrons. The summed E-state index contributed by atoms with van der Waals surface area (Å²) in [5.74, 6) is 0.932. The Balaban J connectivity index is 1.81. The van der Waals surface area contributed by atoms with Crippen LogP contribution in [0.15, 0.2) is 48.5 Å². The highest BCUT2D eigenvalue weighted by molar-refractivity contribution is 5.95. The van der Waals surface area contributed by atoms with Crippen molar-refractivity contribution in [3.8, 4) is 5.75 Å². The summed E-state index contributed by atoms with van der Waals surface area (Å²) in [7, 11) is 1.65. The zero-order valence-corrected chi connectivity index (χ0v) is 14.8. The molecule has 2 amide bonds. The molecular weight excluding hydrogens is 316 g/mol. The Morgan fingerprint density at radius 3 is 2.24 bits per heavy atom. The van der Waals surface area contributed by atoms with Crippen LogP contribution in [0.1, 0.15) is 42.1 Å². The van der Waals surface area contributed by atoms with E-state index in [2.05, 4.69) is 17.6 Å². The first-order valence-corrected chi connectivity index (χ1v) is 8.29. The molecule has 0 heterocycles. The molecule has 25 heavy (non-hydrogen) atoms. The molecule has 2 aromatic carbocycles. The summed E-state index contributed by atoms with van der Waals surface area (Å²) < 4.78 is 5.16. The molecule has 2 N–H and O–H groups in total. The molecule has 0 spiro atoms. The van der Waals surface area contributed by atoms with E-state index in [1.807, 2.05) is 24.3 Å². The van der Waals surface area contributed by atoms with Gasteiger partial charge in [0.1, 0.15) is 5.75 Å². The van der Waals surface area contributed by atoms with E-state index in [1.165, 1.54) is 12.5 Å². The second-order valence-electron chi connectivity index (χ2n) is 5.98. The van der Waals surface area contributed by atoms with E-state index in [1.54, 1.807) is 31.4 Å². The van der Waals surface area contributed by atoms with Crippen LogP contribution in [0, 0.1) is 0 Å². The predicted octanol–water partition coefficient (Wildman–Crippen LogP) is 3.58. The first-order chi connectivity index (χ1) is 12.0. The molecule has 0 aliphatic carbocycles. The van der Waals surface area contributed by atoms with Crippen LogP contribution >= 0.6 is 0 Å². The van der Waals surface area contributed by atoms with Gasteiger partial charge in [0.2, 0.25) is 5.91 Å². The van der Waals surface area contributed by atoms with Gasteiger partial charge in [-0.15, -0.1) is 0 Å². The van der Waals surface area contributed by atoms with Gasteiger partial charge in [0.05, 0.1) is 7.11 Å². The molecule has 0 saturated carbocycles. The minimum atomic E-state index is -0.135. The van der Waals surface area contributed by atoms with Gasteiger partial charge in [0.15, 0.2) is 0 Å².